The molecule has 1 aromatic carbocycles. The van der Waals surface area contributed by atoms with Gasteiger partial charge in [0.2, 0.25) is 17.7 Å². The largest absolute Gasteiger partial charge is 0.394 e. The first-order valence-corrected chi connectivity index (χ1v) is 9.41. The topological polar surface area (TPSA) is 177 Å². The average Bonchev–Trinajstić information content (AvgIpc) is 2.72. The summed E-state index contributed by atoms with van der Waals surface area (Å²) in [6.07, 6.45) is -5.94. The Morgan fingerprint density at radius 2 is 1.77 bits per heavy atom. The molecule has 0 aromatic heterocycles. The second kappa shape index (κ2) is 11.0. The first-order chi connectivity index (χ1) is 14.2. The quantitative estimate of drug-likeness (QED) is 0.227. The maximum absolute atomic E-state index is 12.8. The van der Waals surface area contributed by atoms with Crippen LogP contribution in [0.25, 0.3) is 0 Å². The molecule has 11 heteroatoms. The summed E-state index contributed by atoms with van der Waals surface area (Å²) in [6.45, 7) is 0.284. The molecule has 7 N–H and O–H groups in total. The van der Waals surface area contributed by atoms with Crippen LogP contribution in [-0.2, 0) is 25.5 Å². The molecule has 0 aliphatic carbocycles. The van der Waals surface area contributed by atoms with Gasteiger partial charge < -0.3 is 41.1 Å². The molecule has 0 radical (unpaired) electrons. The summed E-state index contributed by atoms with van der Waals surface area (Å²) in [5.74, 6) is -1.76. The van der Waals surface area contributed by atoms with Gasteiger partial charge in [0.15, 0.2) is 6.29 Å². The third-order valence-corrected chi connectivity index (χ3v) is 4.64. The summed E-state index contributed by atoms with van der Waals surface area (Å²) >= 11 is 0. The monoisotopic (exact) mass is 425 g/mol. The molecule has 6 atom stereocenters. The van der Waals surface area contributed by atoms with Crippen molar-refractivity contribution in [2.75, 3.05) is 13.2 Å². The molecule has 3 amide bonds. The number of rotatable bonds is 8. The summed E-state index contributed by atoms with van der Waals surface area (Å²) in [5.41, 5.74) is 0.735. The van der Waals surface area contributed by atoms with E-state index in [2.05, 4.69) is 16.0 Å². The van der Waals surface area contributed by atoms with Crippen molar-refractivity contribution in [2.24, 2.45) is 0 Å². The number of benzene rings is 1. The molecule has 1 aliphatic rings. The molecule has 1 fully saturated rings. The van der Waals surface area contributed by atoms with E-state index in [0.717, 1.165) is 5.56 Å². The van der Waals surface area contributed by atoms with Gasteiger partial charge in [-0.2, -0.15) is 0 Å². The third-order valence-electron chi connectivity index (χ3n) is 4.64. The number of carbonyl (C=O) groups excluding carboxylic acids is 3. The van der Waals surface area contributed by atoms with Gasteiger partial charge in [-0.25, -0.2) is 0 Å². The molecule has 11 nitrogen and oxygen atoms in total. The minimum Gasteiger partial charge on any atom is -0.394 e. The number of carbonyl (C=O) groups is 3. The van der Waals surface area contributed by atoms with Gasteiger partial charge in [-0.1, -0.05) is 30.3 Å². The summed E-state index contributed by atoms with van der Waals surface area (Å²) < 4.78 is 5.02. The predicted molar refractivity (Wildman–Crippen MR) is 103 cm³/mol. The van der Waals surface area contributed by atoms with Gasteiger partial charge in [0.25, 0.3) is 0 Å². The van der Waals surface area contributed by atoms with Crippen molar-refractivity contribution in [2.45, 2.75) is 50.0 Å². The lowest BCUT2D eigenvalue weighted by molar-refractivity contribution is -0.254. The van der Waals surface area contributed by atoms with E-state index in [-0.39, 0.29) is 13.0 Å². The van der Waals surface area contributed by atoms with E-state index in [1.54, 1.807) is 30.3 Å². The highest BCUT2D eigenvalue weighted by Crippen LogP contribution is 2.20. The number of aliphatic hydroxyl groups is 4. The Labute approximate surface area is 173 Å². The van der Waals surface area contributed by atoms with Gasteiger partial charge in [-0.3, -0.25) is 14.4 Å². The van der Waals surface area contributed by atoms with Crippen molar-refractivity contribution in [1.82, 2.24) is 16.0 Å². The van der Waals surface area contributed by atoms with Gasteiger partial charge in [0.1, 0.15) is 30.4 Å². The number of hydrogen-bond donors (Lipinski definition) is 7. The fourth-order valence-electron chi connectivity index (χ4n) is 3.03. The zero-order valence-corrected chi connectivity index (χ0v) is 16.4. The second-order valence-electron chi connectivity index (χ2n) is 6.98. The molecule has 1 heterocycles. The van der Waals surface area contributed by atoms with Crippen LogP contribution < -0.4 is 16.0 Å². The van der Waals surface area contributed by atoms with Crippen LogP contribution in [-0.4, -0.2) is 88.0 Å². The van der Waals surface area contributed by atoms with Gasteiger partial charge in [0.05, 0.1) is 13.2 Å². The van der Waals surface area contributed by atoms with Crippen LogP contribution in [0.4, 0.5) is 0 Å². The summed E-state index contributed by atoms with van der Waals surface area (Å²) in [7, 11) is 0. The highest BCUT2D eigenvalue weighted by molar-refractivity contribution is 5.90. The van der Waals surface area contributed by atoms with Crippen LogP contribution >= 0.6 is 0 Å². The Bertz CT molecular complexity index is 732. The van der Waals surface area contributed by atoms with E-state index < -0.39 is 61.0 Å². The van der Waals surface area contributed by atoms with Crippen LogP contribution in [0.15, 0.2) is 30.3 Å². The lowest BCUT2D eigenvalue weighted by Gasteiger charge is -2.40. The molecule has 2 rings (SSSR count). The van der Waals surface area contributed by atoms with E-state index in [1.807, 2.05) is 0 Å². The van der Waals surface area contributed by atoms with Crippen molar-refractivity contribution >= 4 is 17.7 Å². The molecule has 0 saturated carbocycles. The number of aliphatic hydroxyl groups excluding tert-OH is 4. The van der Waals surface area contributed by atoms with Crippen molar-refractivity contribution < 1.29 is 39.5 Å². The van der Waals surface area contributed by atoms with E-state index in [0.29, 0.717) is 0 Å². The van der Waals surface area contributed by atoms with Crippen molar-refractivity contribution in [3.05, 3.63) is 35.9 Å². The van der Waals surface area contributed by atoms with Crippen LogP contribution in [0.3, 0.4) is 0 Å². The van der Waals surface area contributed by atoms with Gasteiger partial charge in [-0.05, 0) is 5.56 Å². The van der Waals surface area contributed by atoms with E-state index in [1.165, 1.54) is 6.92 Å². The third kappa shape index (κ3) is 6.47. The van der Waals surface area contributed by atoms with Gasteiger partial charge in [-0.15, -0.1) is 0 Å². The van der Waals surface area contributed by atoms with Gasteiger partial charge >= 0.3 is 0 Å². The summed E-state index contributed by atoms with van der Waals surface area (Å²) in [6, 6.07) is 6.33. The SMILES string of the molecule is CC(=O)NCC(=O)N[C@@H](Cc1ccccc1)C(=O)N[C@@H]1[C@@H](O)[C@H](O)[C@@H](CO)O[C@H]1O. The van der Waals surface area contributed by atoms with Crippen molar-refractivity contribution in [3.8, 4) is 0 Å². The Morgan fingerprint density at radius 1 is 1.10 bits per heavy atom. The average molecular weight is 425 g/mol. The molecule has 0 unspecified atom stereocenters. The molecule has 0 bridgehead atoms. The molecule has 1 saturated heterocycles. The molecule has 1 aliphatic heterocycles. The fraction of sp³-hybridized carbons (Fsp3) is 0.526. The van der Waals surface area contributed by atoms with Crippen molar-refractivity contribution in [3.63, 3.8) is 0 Å². The highest BCUT2D eigenvalue weighted by Gasteiger charge is 2.44. The number of nitrogens with one attached hydrogen (secondary N) is 3. The highest BCUT2D eigenvalue weighted by atomic mass is 16.6. The zero-order valence-electron chi connectivity index (χ0n) is 16.4. The maximum atomic E-state index is 12.8. The normalized spacial score (nSPS) is 27.0. The maximum Gasteiger partial charge on any atom is 0.243 e. The van der Waals surface area contributed by atoms with Crippen LogP contribution in [0.2, 0.25) is 0 Å². The van der Waals surface area contributed by atoms with Crippen LogP contribution in [0.1, 0.15) is 12.5 Å². The minimum absolute atomic E-state index is 0.0973. The summed E-state index contributed by atoms with van der Waals surface area (Å²) in [4.78, 5) is 35.9. The fourth-order valence-corrected chi connectivity index (χ4v) is 3.03. The van der Waals surface area contributed by atoms with Crippen LogP contribution in [0, 0.1) is 0 Å². The minimum atomic E-state index is -1.68. The van der Waals surface area contributed by atoms with Gasteiger partial charge in [0, 0.05) is 13.3 Å². The first kappa shape index (κ1) is 23.7. The molecule has 1 aromatic rings. The summed E-state index contributed by atoms with van der Waals surface area (Å²) in [5, 5.41) is 46.6. The first-order valence-electron chi connectivity index (χ1n) is 9.41. The Balaban J connectivity index is 2.11. The molecular weight excluding hydrogens is 398 g/mol. The number of amides is 3. The Kier molecular flexibility index (Phi) is 8.69. The molecule has 166 valence electrons. The zero-order chi connectivity index (χ0) is 22.3. The van der Waals surface area contributed by atoms with Crippen molar-refractivity contribution in [1.29, 1.82) is 0 Å². The molecule has 30 heavy (non-hydrogen) atoms. The molecular formula is C19H27N3O8. The predicted octanol–water partition coefficient (Wildman–Crippen LogP) is -3.23. The second-order valence-corrected chi connectivity index (χ2v) is 6.98. The Morgan fingerprint density at radius 3 is 2.37 bits per heavy atom. The lowest BCUT2D eigenvalue weighted by atomic mass is 9.96. The number of ether oxygens (including phenoxy) is 1. The van der Waals surface area contributed by atoms with E-state index >= 15 is 0 Å². The standard InChI is InChI=1S/C19H27N3O8/c1-10(24)20-8-14(25)21-12(7-11-5-3-2-4-6-11)18(28)22-15-17(27)16(26)13(9-23)30-19(15)29/h2-6,12-13,15-17,19,23,26-27,29H,7-9H2,1H3,(H,20,24)(H,21,25)(H,22,28)/t12-,13+,15+,16+,17+,19+/m0/s1. The number of hydrogen-bond acceptors (Lipinski definition) is 8. The Hall–Kier alpha value is -2.57. The lowest BCUT2D eigenvalue weighted by Crippen LogP contribution is -2.66. The van der Waals surface area contributed by atoms with Crippen LogP contribution in [0.5, 0.6) is 0 Å². The molecule has 0 spiro atoms. The smallest absolute Gasteiger partial charge is 0.243 e. The van der Waals surface area contributed by atoms with E-state index in [4.69, 9.17) is 9.84 Å². The van der Waals surface area contributed by atoms with E-state index in [9.17, 15) is 29.7 Å².